The van der Waals surface area contributed by atoms with Crippen molar-refractivity contribution in [2.45, 2.75) is 13.0 Å². The lowest BCUT2D eigenvalue weighted by atomic mass is 10.2. The van der Waals surface area contributed by atoms with E-state index in [-0.39, 0.29) is 17.5 Å². The van der Waals surface area contributed by atoms with Crippen LogP contribution in [0.2, 0.25) is 0 Å². The maximum Gasteiger partial charge on any atom is 0.271 e. The molecular formula is C17H17FN6O2. The van der Waals surface area contributed by atoms with Crippen molar-refractivity contribution < 1.29 is 9.13 Å². The predicted octanol–water partition coefficient (Wildman–Crippen LogP) is 2.62. The summed E-state index contributed by atoms with van der Waals surface area (Å²) in [5, 5.41) is 6.01. The van der Waals surface area contributed by atoms with Crippen LogP contribution in [0.15, 0.2) is 47.7 Å². The third kappa shape index (κ3) is 3.94. The Morgan fingerprint density at radius 3 is 2.77 bits per heavy atom. The number of aromatic nitrogens is 4. The van der Waals surface area contributed by atoms with E-state index < -0.39 is 5.82 Å². The topological polar surface area (TPSA) is 105 Å². The molecule has 26 heavy (non-hydrogen) atoms. The number of hydrogen-bond donors (Lipinski definition) is 3. The average molecular weight is 356 g/mol. The van der Waals surface area contributed by atoms with Gasteiger partial charge in [0.15, 0.2) is 11.6 Å². The van der Waals surface area contributed by atoms with E-state index in [0.717, 1.165) is 6.20 Å². The highest BCUT2D eigenvalue weighted by Crippen LogP contribution is 2.26. The lowest BCUT2D eigenvalue weighted by Gasteiger charge is -2.16. The zero-order chi connectivity index (χ0) is 18.5. The smallest absolute Gasteiger partial charge is 0.271 e. The fourth-order valence-electron chi connectivity index (χ4n) is 2.25. The minimum atomic E-state index is -0.403. The van der Waals surface area contributed by atoms with E-state index in [4.69, 9.17) is 4.74 Å². The molecule has 1 atom stereocenters. The molecule has 0 saturated carbocycles. The molecule has 134 valence electrons. The van der Waals surface area contributed by atoms with Crippen LogP contribution in [0.5, 0.6) is 5.75 Å². The molecule has 0 aromatic carbocycles. The first-order valence-corrected chi connectivity index (χ1v) is 7.80. The zero-order valence-electron chi connectivity index (χ0n) is 14.2. The van der Waals surface area contributed by atoms with Gasteiger partial charge in [-0.15, -0.1) is 0 Å². The molecule has 9 heteroatoms. The van der Waals surface area contributed by atoms with Crippen molar-refractivity contribution in [2.75, 3.05) is 17.7 Å². The van der Waals surface area contributed by atoms with Gasteiger partial charge in [-0.2, -0.15) is 4.98 Å². The van der Waals surface area contributed by atoms with Gasteiger partial charge in [0, 0.05) is 6.20 Å². The lowest BCUT2D eigenvalue weighted by Crippen LogP contribution is -2.14. The highest BCUT2D eigenvalue weighted by molar-refractivity contribution is 5.57. The standard InChI is InChI=1S/C17H17FN6O2/c1-10(12-6-5-11(18)8-20-12)22-15-14(26-2)9-21-17(24-15)23-13-4-3-7-19-16(13)25/h3-10H,1-2H3,(H,19,25)(H2,21,22,23,24). The Balaban J connectivity index is 1.84. The van der Waals surface area contributed by atoms with Gasteiger partial charge in [-0.1, -0.05) is 0 Å². The molecule has 1 unspecified atom stereocenters. The van der Waals surface area contributed by atoms with E-state index in [1.807, 2.05) is 6.92 Å². The Hall–Kier alpha value is -3.49. The predicted molar refractivity (Wildman–Crippen MR) is 95.2 cm³/mol. The molecule has 0 amide bonds. The molecule has 0 aliphatic carbocycles. The Kier molecular flexibility index (Phi) is 5.07. The Morgan fingerprint density at radius 2 is 2.08 bits per heavy atom. The summed E-state index contributed by atoms with van der Waals surface area (Å²) < 4.78 is 18.3. The van der Waals surface area contributed by atoms with Crippen molar-refractivity contribution >= 4 is 17.5 Å². The summed E-state index contributed by atoms with van der Waals surface area (Å²) in [7, 11) is 1.50. The SMILES string of the molecule is COc1cnc(Nc2ccc[nH]c2=O)nc1NC(C)c1ccc(F)cn1. The summed E-state index contributed by atoms with van der Waals surface area (Å²) in [5.41, 5.74) is 0.670. The Bertz CT molecular complexity index is 944. The molecule has 0 radical (unpaired) electrons. The van der Waals surface area contributed by atoms with Gasteiger partial charge in [0.1, 0.15) is 11.5 Å². The maximum absolute atomic E-state index is 13.0. The van der Waals surface area contributed by atoms with Gasteiger partial charge < -0.3 is 20.4 Å². The molecule has 3 heterocycles. The molecule has 0 spiro atoms. The fraction of sp³-hybridized carbons (Fsp3) is 0.176. The molecule has 3 aromatic heterocycles. The monoisotopic (exact) mass is 356 g/mol. The quantitative estimate of drug-likeness (QED) is 0.623. The summed E-state index contributed by atoms with van der Waals surface area (Å²) in [6.45, 7) is 1.86. The number of nitrogens with zero attached hydrogens (tertiary/aromatic N) is 3. The number of pyridine rings is 2. The summed E-state index contributed by atoms with van der Waals surface area (Å²) in [5.74, 6) is 0.659. The van der Waals surface area contributed by atoms with E-state index >= 15 is 0 Å². The van der Waals surface area contributed by atoms with Crippen LogP contribution in [-0.2, 0) is 0 Å². The van der Waals surface area contributed by atoms with Gasteiger partial charge >= 0.3 is 0 Å². The van der Waals surface area contributed by atoms with E-state index in [1.54, 1.807) is 18.2 Å². The van der Waals surface area contributed by atoms with Crippen LogP contribution >= 0.6 is 0 Å². The highest BCUT2D eigenvalue weighted by Gasteiger charge is 2.14. The van der Waals surface area contributed by atoms with Crippen LogP contribution in [0.25, 0.3) is 0 Å². The van der Waals surface area contributed by atoms with E-state index in [9.17, 15) is 9.18 Å². The number of methoxy groups -OCH3 is 1. The average Bonchev–Trinajstić information content (AvgIpc) is 2.64. The van der Waals surface area contributed by atoms with Crippen molar-refractivity contribution in [3.05, 3.63) is 64.7 Å². The van der Waals surface area contributed by atoms with E-state index in [0.29, 0.717) is 22.9 Å². The van der Waals surface area contributed by atoms with Gasteiger partial charge in [0.2, 0.25) is 5.95 Å². The second kappa shape index (κ2) is 7.60. The van der Waals surface area contributed by atoms with E-state index in [2.05, 4.69) is 30.6 Å². The molecule has 0 bridgehead atoms. The normalized spacial score (nSPS) is 11.7. The van der Waals surface area contributed by atoms with Crippen LogP contribution in [0, 0.1) is 5.82 Å². The van der Waals surface area contributed by atoms with Gasteiger partial charge in [-0.05, 0) is 31.2 Å². The zero-order valence-corrected chi connectivity index (χ0v) is 14.2. The maximum atomic E-state index is 13.0. The number of nitrogens with one attached hydrogen (secondary N) is 3. The first kappa shape index (κ1) is 17.3. The van der Waals surface area contributed by atoms with Crippen molar-refractivity contribution in [1.82, 2.24) is 19.9 Å². The van der Waals surface area contributed by atoms with E-state index in [1.165, 1.54) is 25.6 Å². The number of halogens is 1. The molecular weight excluding hydrogens is 339 g/mol. The summed E-state index contributed by atoms with van der Waals surface area (Å²) >= 11 is 0. The molecule has 0 aliphatic rings. The van der Waals surface area contributed by atoms with Gasteiger partial charge in [0.25, 0.3) is 5.56 Å². The molecule has 3 aromatic rings. The third-order valence-corrected chi connectivity index (χ3v) is 3.59. The minimum Gasteiger partial charge on any atom is -0.491 e. The Labute approximate surface area is 148 Å². The summed E-state index contributed by atoms with van der Waals surface area (Å²) in [6.07, 6.45) is 4.17. The lowest BCUT2D eigenvalue weighted by molar-refractivity contribution is 0.412. The number of ether oxygens (including phenoxy) is 1. The first-order valence-electron chi connectivity index (χ1n) is 7.80. The second-order valence-corrected chi connectivity index (χ2v) is 5.42. The number of anilines is 3. The second-order valence-electron chi connectivity index (χ2n) is 5.42. The third-order valence-electron chi connectivity index (χ3n) is 3.59. The van der Waals surface area contributed by atoms with Gasteiger partial charge in [0.05, 0.1) is 31.2 Å². The van der Waals surface area contributed by atoms with Crippen molar-refractivity contribution in [3.8, 4) is 5.75 Å². The molecule has 3 rings (SSSR count). The van der Waals surface area contributed by atoms with Crippen LogP contribution in [0.3, 0.4) is 0 Å². The molecule has 0 aliphatic heterocycles. The number of aromatic amines is 1. The molecule has 3 N–H and O–H groups in total. The first-order chi connectivity index (χ1) is 12.6. The highest BCUT2D eigenvalue weighted by atomic mass is 19.1. The van der Waals surface area contributed by atoms with Crippen molar-refractivity contribution in [2.24, 2.45) is 0 Å². The summed E-state index contributed by atoms with van der Waals surface area (Å²) in [4.78, 5) is 26.9. The number of H-pyrrole nitrogens is 1. The summed E-state index contributed by atoms with van der Waals surface area (Å²) in [6, 6.07) is 5.97. The van der Waals surface area contributed by atoms with Crippen molar-refractivity contribution in [3.63, 3.8) is 0 Å². The minimum absolute atomic E-state index is 0.226. The van der Waals surface area contributed by atoms with Crippen molar-refractivity contribution in [1.29, 1.82) is 0 Å². The van der Waals surface area contributed by atoms with Crippen LogP contribution in [0.1, 0.15) is 18.7 Å². The largest absolute Gasteiger partial charge is 0.491 e. The number of rotatable bonds is 6. The molecule has 0 saturated heterocycles. The Morgan fingerprint density at radius 1 is 1.23 bits per heavy atom. The van der Waals surface area contributed by atoms with Crippen LogP contribution < -0.4 is 20.9 Å². The molecule has 8 nitrogen and oxygen atoms in total. The van der Waals surface area contributed by atoms with Gasteiger partial charge in [-0.3, -0.25) is 9.78 Å². The molecule has 0 fully saturated rings. The van der Waals surface area contributed by atoms with Crippen LogP contribution in [0.4, 0.5) is 21.8 Å². The fourth-order valence-corrected chi connectivity index (χ4v) is 2.25. The van der Waals surface area contributed by atoms with Gasteiger partial charge in [-0.25, -0.2) is 9.37 Å². The van der Waals surface area contributed by atoms with Crippen LogP contribution in [-0.4, -0.2) is 27.0 Å². The number of hydrogen-bond acceptors (Lipinski definition) is 7.